The topological polar surface area (TPSA) is 36.0 Å². The molecule has 4 rings (SSSR count). The largest absolute Gasteiger partial charge is 0.494 e. The highest BCUT2D eigenvalue weighted by Gasteiger charge is 2.39. The van der Waals surface area contributed by atoms with Gasteiger partial charge in [0.25, 0.3) is 0 Å². The maximum atomic E-state index is 12.9. The summed E-state index contributed by atoms with van der Waals surface area (Å²) in [5.74, 6) is 1.16. The lowest BCUT2D eigenvalue weighted by Gasteiger charge is -2.33. The minimum atomic E-state index is 0.0849. The van der Waals surface area contributed by atoms with E-state index in [9.17, 15) is 4.79 Å². The molecule has 0 saturated carbocycles. The molecule has 5 nitrogen and oxygen atoms in total. The van der Waals surface area contributed by atoms with Crippen LogP contribution in [0.25, 0.3) is 0 Å². The van der Waals surface area contributed by atoms with Gasteiger partial charge in [-0.05, 0) is 102 Å². The van der Waals surface area contributed by atoms with Gasteiger partial charge in [0, 0.05) is 18.3 Å². The molecule has 3 atom stereocenters. The van der Waals surface area contributed by atoms with Crippen molar-refractivity contribution in [2.24, 2.45) is 0 Å². The zero-order chi connectivity index (χ0) is 21.6. The SMILES string of the molecule is CC1CCCN1CCCCOc1ccc(N2C(=O)C(I)C[C@H]2CN2CCCCC2)cc1. The zero-order valence-electron chi connectivity index (χ0n) is 19.0. The summed E-state index contributed by atoms with van der Waals surface area (Å²) in [7, 11) is 0. The maximum Gasteiger partial charge on any atom is 0.240 e. The molecule has 1 aromatic rings. The van der Waals surface area contributed by atoms with Gasteiger partial charge in [0.15, 0.2) is 0 Å². The van der Waals surface area contributed by atoms with Crippen LogP contribution in [-0.2, 0) is 4.79 Å². The van der Waals surface area contributed by atoms with Crippen molar-refractivity contribution in [2.45, 2.75) is 74.3 Å². The lowest BCUT2D eigenvalue weighted by molar-refractivity contribution is -0.116. The lowest BCUT2D eigenvalue weighted by atomic mass is 10.1. The Kier molecular flexibility index (Phi) is 8.51. The van der Waals surface area contributed by atoms with Crippen molar-refractivity contribution in [3.8, 4) is 5.75 Å². The van der Waals surface area contributed by atoms with Crippen molar-refractivity contribution in [3.05, 3.63) is 24.3 Å². The Morgan fingerprint density at radius 2 is 1.81 bits per heavy atom. The van der Waals surface area contributed by atoms with Crippen LogP contribution in [0.2, 0.25) is 0 Å². The van der Waals surface area contributed by atoms with E-state index in [0.717, 1.165) is 43.5 Å². The van der Waals surface area contributed by atoms with Gasteiger partial charge in [0.05, 0.1) is 16.6 Å². The molecule has 0 radical (unpaired) electrons. The van der Waals surface area contributed by atoms with Gasteiger partial charge in [0.2, 0.25) is 5.91 Å². The maximum absolute atomic E-state index is 12.9. The van der Waals surface area contributed by atoms with E-state index in [1.807, 2.05) is 17.0 Å². The van der Waals surface area contributed by atoms with E-state index >= 15 is 0 Å². The van der Waals surface area contributed by atoms with E-state index in [4.69, 9.17) is 4.74 Å². The molecular weight excluding hydrogens is 501 g/mol. The van der Waals surface area contributed by atoms with Crippen molar-refractivity contribution in [1.29, 1.82) is 0 Å². The Bertz CT molecular complexity index is 707. The van der Waals surface area contributed by atoms with Crippen LogP contribution in [0.4, 0.5) is 5.69 Å². The monoisotopic (exact) mass is 539 g/mol. The number of carbonyl (C=O) groups excluding carboxylic acids is 1. The molecule has 31 heavy (non-hydrogen) atoms. The molecule has 172 valence electrons. The van der Waals surface area contributed by atoms with Gasteiger partial charge in [-0.15, -0.1) is 0 Å². The predicted octanol–water partition coefficient (Wildman–Crippen LogP) is 4.72. The molecule has 0 N–H and O–H groups in total. The Balaban J connectivity index is 1.26. The van der Waals surface area contributed by atoms with Gasteiger partial charge in [-0.1, -0.05) is 29.0 Å². The van der Waals surface area contributed by atoms with Crippen LogP contribution in [0.3, 0.4) is 0 Å². The summed E-state index contributed by atoms with van der Waals surface area (Å²) >= 11 is 2.32. The molecule has 3 fully saturated rings. The van der Waals surface area contributed by atoms with E-state index in [0.29, 0.717) is 0 Å². The standard InChI is InChI=1S/C25H38IN3O2/c1-20-8-7-16-28(20)15-5-6-17-31-23-11-9-21(10-12-23)29-22(18-24(26)25(29)30)19-27-13-3-2-4-14-27/h9-12,20,22,24H,2-8,13-19H2,1H3/t20?,22-,24?/m0/s1. The van der Waals surface area contributed by atoms with E-state index < -0.39 is 0 Å². The molecule has 1 amide bonds. The van der Waals surface area contributed by atoms with Crippen LogP contribution >= 0.6 is 22.6 Å². The van der Waals surface area contributed by atoms with Crippen molar-refractivity contribution in [3.63, 3.8) is 0 Å². The third kappa shape index (κ3) is 6.14. The number of piperidine rings is 1. The molecule has 3 heterocycles. The second-order valence-corrected chi connectivity index (χ2v) is 11.0. The smallest absolute Gasteiger partial charge is 0.240 e. The predicted molar refractivity (Wildman–Crippen MR) is 135 cm³/mol. The van der Waals surface area contributed by atoms with Crippen molar-refractivity contribution in [2.75, 3.05) is 44.2 Å². The minimum Gasteiger partial charge on any atom is -0.494 e. The van der Waals surface area contributed by atoms with Crippen LogP contribution < -0.4 is 9.64 Å². The highest BCUT2D eigenvalue weighted by atomic mass is 127. The highest BCUT2D eigenvalue weighted by Crippen LogP contribution is 2.32. The second kappa shape index (κ2) is 11.3. The van der Waals surface area contributed by atoms with Gasteiger partial charge in [-0.3, -0.25) is 4.79 Å². The first-order valence-electron chi connectivity index (χ1n) is 12.3. The van der Waals surface area contributed by atoms with Crippen LogP contribution in [0.5, 0.6) is 5.75 Å². The molecule has 3 aliphatic heterocycles. The normalized spacial score (nSPS) is 27.9. The Hall–Kier alpha value is -0.860. The molecule has 0 spiro atoms. The van der Waals surface area contributed by atoms with Gasteiger partial charge >= 0.3 is 0 Å². The first-order valence-corrected chi connectivity index (χ1v) is 13.5. The number of benzene rings is 1. The molecule has 0 aliphatic carbocycles. The van der Waals surface area contributed by atoms with Crippen LogP contribution in [-0.4, -0.2) is 71.0 Å². The molecular formula is C25H38IN3O2. The van der Waals surface area contributed by atoms with Crippen LogP contribution in [0.15, 0.2) is 24.3 Å². The van der Waals surface area contributed by atoms with Crippen molar-refractivity contribution in [1.82, 2.24) is 9.80 Å². The Morgan fingerprint density at radius 1 is 1.03 bits per heavy atom. The average Bonchev–Trinajstić information content (AvgIpc) is 3.31. The van der Waals surface area contributed by atoms with Gasteiger partial charge in [-0.2, -0.15) is 0 Å². The molecule has 6 heteroatoms. The summed E-state index contributed by atoms with van der Waals surface area (Å²) in [6.07, 6.45) is 9.85. The summed E-state index contributed by atoms with van der Waals surface area (Å²) in [6.45, 7) is 8.90. The summed E-state index contributed by atoms with van der Waals surface area (Å²) < 4.78 is 6.06. The minimum absolute atomic E-state index is 0.0849. The van der Waals surface area contributed by atoms with E-state index in [2.05, 4.69) is 51.4 Å². The van der Waals surface area contributed by atoms with E-state index in [1.54, 1.807) is 0 Å². The number of halogens is 1. The number of alkyl halides is 1. The highest BCUT2D eigenvalue weighted by molar-refractivity contribution is 14.1. The summed E-state index contributed by atoms with van der Waals surface area (Å²) in [6, 6.07) is 9.23. The number of anilines is 1. The number of hydrogen-bond acceptors (Lipinski definition) is 4. The molecule has 0 bridgehead atoms. The Morgan fingerprint density at radius 3 is 2.52 bits per heavy atom. The fourth-order valence-corrected chi connectivity index (χ4v) is 6.23. The number of carbonyl (C=O) groups is 1. The summed E-state index contributed by atoms with van der Waals surface area (Å²) in [5, 5.41) is 0. The third-order valence-electron chi connectivity index (χ3n) is 7.18. The first-order chi connectivity index (χ1) is 15.1. The summed E-state index contributed by atoms with van der Waals surface area (Å²) in [4.78, 5) is 20.1. The number of amides is 1. The fourth-order valence-electron chi connectivity index (χ4n) is 5.35. The average molecular weight is 540 g/mol. The molecule has 1 aromatic carbocycles. The van der Waals surface area contributed by atoms with E-state index in [-0.39, 0.29) is 15.9 Å². The van der Waals surface area contributed by atoms with Crippen LogP contribution in [0.1, 0.15) is 58.3 Å². The third-order valence-corrected chi connectivity index (χ3v) is 8.22. The number of nitrogens with zero attached hydrogens (tertiary/aromatic N) is 3. The number of likely N-dealkylation sites (tertiary alicyclic amines) is 2. The van der Waals surface area contributed by atoms with Gasteiger partial charge < -0.3 is 19.4 Å². The Labute approximate surface area is 201 Å². The second-order valence-electron chi connectivity index (χ2n) is 9.50. The lowest BCUT2D eigenvalue weighted by Crippen LogP contribution is -2.43. The number of ether oxygens (including phenoxy) is 1. The molecule has 2 unspecified atom stereocenters. The molecule has 3 saturated heterocycles. The molecule has 3 aliphatic rings. The van der Waals surface area contributed by atoms with Crippen LogP contribution in [0, 0.1) is 0 Å². The van der Waals surface area contributed by atoms with Crippen molar-refractivity contribution < 1.29 is 9.53 Å². The number of rotatable bonds is 9. The summed E-state index contributed by atoms with van der Waals surface area (Å²) in [5.41, 5.74) is 1.02. The fraction of sp³-hybridized carbons (Fsp3) is 0.720. The van der Waals surface area contributed by atoms with Crippen molar-refractivity contribution >= 4 is 34.2 Å². The number of hydrogen-bond donors (Lipinski definition) is 0. The van der Waals surface area contributed by atoms with E-state index in [1.165, 1.54) is 64.7 Å². The molecule has 0 aromatic heterocycles. The quantitative estimate of drug-likeness (QED) is 0.259. The first kappa shape index (κ1) is 23.3. The van der Waals surface area contributed by atoms with Gasteiger partial charge in [-0.25, -0.2) is 0 Å². The zero-order valence-corrected chi connectivity index (χ0v) is 21.1. The number of unbranched alkanes of at least 4 members (excludes halogenated alkanes) is 1. The van der Waals surface area contributed by atoms with Gasteiger partial charge in [0.1, 0.15) is 5.75 Å².